The fraction of sp³-hybridized carbons (Fsp3) is 0.312. The maximum Gasteiger partial charge on any atom is 0.331 e. The Hall–Kier alpha value is -3.63. The second kappa shape index (κ2) is 11.6. The van der Waals surface area contributed by atoms with E-state index in [0.717, 1.165) is 27.8 Å². The van der Waals surface area contributed by atoms with Crippen molar-refractivity contribution in [2.45, 2.75) is 50.7 Å². The van der Waals surface area contributed by atoms with Crippen LogP contribution in [0.3, 0.4) is 0 Å². The summed E-state index contributed by atoms with van der Waals surface area (Å²) in [6.07, 6.45) is 1.04. The van der Waals surface area contributed by atoms with Crippen LogP contribution in [-0.4, -0.2) is 27.1 Å². The van der Waals surface area contributed by atoms with Crippen molar-refractivity contribution in [2.24, 2.45) is 5.73 Å². The number of aromatic nitrogens is 2. The highest BCUT2D eigenvalue weighted by atomic mass is 35.5. The molecule has 3 heterocycles. The van der Waals surface area contributed by atoms with Gasteiger partial charge in [-0.1, -0.05) is 60.1 Å². The van der Waals surface area contributed by atoms with Gasteiger partial charge in [0.25, 0.3) is 5.56 Å². The van der Waals surface area contributed by atoms with Gasteiger partial charge in [0.1, 0.15) is 17.2 Å². The monoisotopic (exact) mass is 592 g/mol. The normalized spacial score (nSPS) is 17.0. The predicted octanol–water partition coefficient (Wildman–Crippen LogP) is 4.71. The average molecular weight is 593 g/mol. The van der Waals surface area contributed by atoms with Gasteiger partial charge in [-0.25, -0.2) is 13.6 Å². The molecular formula is C32H31ClF2N4O3. The van der Waals surface area contributed by atoms with E-state index in [-0.39, 0.29) is 25.3 Å². The number of piperidine rings is 1. The Kier molecular flexibility index (Phi) is 7.85. The number of likely N-dealkylation sites (tertiary alicyclic amines) is 1. The topological polar surface area (TPSA) is 82.5 Å². The fourth-order valence-electron chi connectivity index (χ4n) is 6.16. The number of nitrogens with zero attached hydrogens (tertiary/aromatic N) is 3. The number of benzene rings is 3. The first-order valence-corrected chi connectivity index (χ1v) is 14.3. The standard InChI is InChI=1S/C32H31ClF2N4O3/c33-23-9-4-6-21(16-23)17-37-14-12-32(13-15-37)29-28(20-42-32)38(18-24-25(34)10-5-11-26(24)35)31(41)39(30(29)40)19-27(36)22-7-2-1-3-8-22/h1-11,16,27H,12-15,17-20,36H2. The minimum Gasteiger partial charge on any atom is -0.364 e. The first-order chi connectivity index (χ1) is 20.3. The molecule has 6 rings (SSSR count). The number of hydrogen-bond acceptors (Lipinski definition) is 5. The second-order valence-electron chi connectivity index (χ2n) is 11.0. The second-order valence-corrected chi connectivity index (χ2v) is 11.4. The van der Waals surface area contributed by atoms with Crippen molar-refractivity contribution in [1.29, 1.82) is 0 Å². The molecule has 2 N–H and O–H groups in total. The Labute approximate surface area is 246 Å². The lowest BCUT2D eigenvalue weighted by molar-refractivity contribution is -0.0810. The van der Waals surface area contributed by atoms with Crippen molar-refractivity contribution in [1.82, 2.24) is 14.0 Å². The summed E-state index contributed by atoms with van der Waals surface area (Å²) in [5.74, 6) is -1.53. The van der Waals surface area contributed by atoms with Crippen molar-refractivity contribution in [2.75, 3.05) is 13.1 Å². The Morgan fingerprint density at radius 3 is 2.29 bits per heavy atom. The molecule has 1 spiro atoms. The molecule has 218 valence electrons. The molecule has 0 bridgehead atoms. The lowest BCUT2D eigenvalue weighted by atomic mass is 9.85. The number of nitrogens with two attached hydrogens (primary N) is 1. The minimum atomic E-state index is -0.918. The van der Waals surface area contributed by atoms with Crippen molar-refractivity contribution in [3.8, 4) is 0 Å². The zero-order chi connectivity index (χ0) is 29.4. The molecule has 3 aromatic carbocycles. The molecule has 2 aliphatic heterocycles. The summed E-state index contributed by atoms with van der Waals surface area (Å²) in [4.78, 5) is 30.2. The number of fused-ring (bicyclic) bond motifs is 2. The lowest BCUT2D eigenvalue weighted by Gasteiger charge is -2.39. The number of hydrogen-bond donors (Lipinski definition) is 1. The molecule has 2 aliphatic rings. The van der Waals surface area contributed by atoms with E-state index in [2.05, 4.69) is 4.90 Å². The summed E-state index contributed by atoms with van der Waals surface area (Å²) < 4.78 is 38.2. The third-order valence-corrected chi connectivity index (χ3v) is 8.65. The van der Waals surface area contributed by atoms with Crippen LogP contribution in [-0.2, 0) is 36.6 Å². The summed E-state index contributed by atoms with van der Waals surface area (Å²) in [6.45, 7) is 1.53. The molecule has 1 aromatic heterocycles. The fourth-order valence-corrected chi connectivity index (χ4v) is 6.37. The van der Waals surface area contributed by atoms with E-state index in [9.17, 15) is 18.4 Å². The van der Waals surface area contributed by atoms with Crippen LogP contribution >= 0.6 is 11.6 Å². The average Bonchev–Trinajstić information content (AvgIpc) is 3.35. The Morgan fingerprint density at radius 2 is 1.60 bits per heavy atom. The summed E-state index contributed by atoms with van der Waals surface area (Å²) in [5.41, 5.74) is 6.73. The van der Waals surface area contributed by atoms with Gasteiger partial charge in [-0.3, -0.25) is 18.8 Å². The number of halogens is 3. The number of rotatable bonds is 7. The zero-order valence-corrected chi connectivity index (χ0v) is 23.7. The Bertz CT molecular complexity index is 1710. The van der Waals surface area contributed by atoms with E-state index in [4.69, 9.17) is 22.1 Å². The Balaban J connectivity index is 1.39. The van der Waals surface area contributed by atoms with Crippen LogP contribution in [0.4, 0.5) is 8.78 Å². The van der Waals surface area contributed by atoms with Crippen molar-refractivity contribution < 1.29 is 13.5 Å². The molecule has 1 unspecified atom stereocenters. The highest BCUT2D eigenvalue weighted by molar-refractivity contribution is 6.30. The third-order valence-electron chi connectivity index (χ3n) is 8.42. The highest BCUT2D eigenvalue weighted by Gasteiger charge is 2.47. The molecular weight excluding hydrogens is 562 g/mol. The smallest absolute Gasteiger partial charge is 0.331 e. The molecule has 0 saturated carbocycles. The van der Waals surface area contributed by atoms with Crippen LogP contribution in [0.1, 0.15) is 46.8 Å². The van der Waals surface area contributed by atoms with Gasteiger partial charge in [-0.15, -0.1) is 0 Å². The molecule has 0 amide bonds. The molecule has 0 radical (unpaired) electrons. The minimum absolute atomic E-state index is 0.00421. The first-order valence-electron chi connectivity index (χ1n) is 14.0. The number of ether oxygens (including phenoxy) is 1. The van der Waals surface area contributed by atoms with Gasteiger partial charge in [-0.05, 0) is 48.2 Å². The van der Waals surface area contributed by atoms with Crippen LogP contribution in [0.5, 0.6) is 0 Å². The van der Waals surface area contributed by atoms with E-state index in [1.54, 1.807) is 0 Å². The van der Waals surface area contributed by atoms with Gasteiger partial charge >= 0.3 is 5.69 Å². The summed E-state index contributed by atoms with van der Waals surface area (Å²) in [7, 11) is 0. The SMILES string of the molecule is NC(Cn1c(=O)c2c(n(Cc3c(F)cccc3F)c1=O)COC21CCN(Cc2cccc(Cl)c2)CC1)c1ccccc1. The van der Waals surface area contributed by atoms with Crippen LogP contribution in [0.2, 0.25) is 5.02 Å². The van der Waals surface area contributed by atoms with Gasteiger partial charge in [0.05, 0.1) is 31.0 Å². The van der Waals surface area contributed by atoms with Crippen molar-refractivity contribution in [3.63, 3.8) is 0 Å². The lowest BCUT2D eigenvalue weighted by Crippen LogP contribution is -2.49. The summed E-state index contributed by atoms with van der Waals surface area (Å²) in [5, 5.41) is 0.674. The van der Waals surface area contributed by atoms with E-state index in [0.29, 0.717) is 48.8 Å². The van der Waals surface area contributed by atoms with Gasteiger partial charge < -0.3 is 10.5 Å². The van der Waals surface area contributed by atoms with E-state index >= 15 is 0 Å². The van der Waals surface area contributed by atoms with Crippen LogP contribution in [0.15, 0.2) is 82.4 Å². The van der Waals surface area contributed by atoms with Crippen LogP contribution in [0, 0.1) is 11.6 Å². The molecule has 0 aliphatic carbocycles. The zero-order valence-electron chi connectivity index (χ0n) is 22.9. The van der Waals surface area contributed by atoms with Gasteiger partial charge in [0.15, 0.2) is 0 Å². The van der Waals surface area contributed by atoms with Crippen LogP contribution < -0.4 is 17.0 Å². The van der Waals surface area contributed by atoms with Gasteiger partial charge in [-0.2, -0.15) is 0 Å². The summed E-state index contributed by atoms with van der Waals surface area (Å²) >= 11 is 6.17. The Morgan fingerprint density at radius 1 is 0.905 bits per heavy atom. The molecule has 7 nitrogen and oxygen atoms in total. The van der Waals surface area contributed by atoms with Crippen molar-refractivity contribution in [3.05, 3.63) is 138 Å². The van der Waals surface area contributed by atoms with Gasteiger partial charge in [0, 0.05) is 36.3 Å². The third kappa shape index (κ3) is 5.33. The molecule has 1 fully saturated rings. The quantitative estimate of drug-likeness (QED) is 0.336. The van der Waals surface area contributed by atoms with Crippen molar-refractivity contribution >= 4 is 11.6 Å². The maximum atomic E-state index is 14.7. The van der Waals surface area contributed by atoms with E-state index in [1.165, 1.54) is 10.6 Å². The largest absolute Gasteiger partial charge is 0.364 e. The van der Waals surface area contributed by atoms with Crippen LogP contribution in [0.25, 0.3) is 0 Å². The maximum absolute atomic E-state index is 14.7. The molecule has 10 heteroatoms. The summed E-state index contributed by atoms with van der Waals surface area (Å²) in [6, 6.07) is 19.8. The molecule has 42 heavy (non-hydrogen) atoms. The molecule has 4 aromatic rings. The van der Waals surface area contributed by atoms with E-state index < -0.39 is 34.5 Å². The van der Waals surface area contributed by atoms with Gasteiger partial charge in [0.2, 0.25) is 0 Å². The van der Waals surface area contributed by atoms with E-state index in [1.807, 2.05) is 54.6 Å². The molecule has 1 saturated heterocycles. The molecule has 1 atom stereocenters. The highest BCUT2D eigenvalue weighted by Crippen LogP contribution is 2.42. The first kappa shape index (κ1) is 28.5. The predicted molar refractivity (Wildman–Crippen MR) is 156 cm³/mol.